The van der Waals surface area contributed by atoms with Crippen LogP contribution < -0.4 is 10.2 Å². The minimum absolute atomic E-state index is 0.0480. The second kappa shape index (κ2) is 5.42. The molecule has 19 heavy (non-hydrogen) atoms. The van der Waals surface area contributed by atoms with Crippen LogP contribution in [0, 0.1) is 5.92 Å². The summed E-state index contributed by atoms with van der Waals surface area (Å²) in [6, 6.07) is -0.444. The lowest BCUT2D eigenvalue weighted by Gasteiger charge is -2.26. The van der Waals surface area contributed by atoms with Gasteiger partial charge >= 0.3 is 0 Å². The van der Waals surface area contributed by atoms with E-state index >= 15 is 0 Å². The quantitative estimate of drug-likeness (QED) is 0.873. The summed E-state index contributed by atoms with van der Waals surface area (Å²) in [6.45, 7) is 4.41. The zero-order valence-corrected chi connectivity index (χ0v) is 11.6. The molecule has 0 spiro atoms. The Morgan fingerprint density at radius 2 is 2.26 bits per heavy atom. The molecule has 104 valence electrons. The number of aryl methyl sites for hydroxylation is 1. The molecule has 2 rings (SSSR count). The molecule has 2 heterocycles. The third-order valence-electron chi connectivity index (χ3n) is 3.63. The largest absolute Gasteiger partial charge is 0.344 e. The molecule has 1 N–H and O–H groups in total. The van der Waals surface area contributed by atoms with E-state index in [1.807, 2.05) is 13.8 Å². The molecule has 0 bridgehead atoms. The van der Waals surface area contributed by atoms with E-state index in [-0.39, 0.29) is 17.7 Å². The van der Waals surface area contributed by atoms with Crippen molar-refractivity contribution in [2.75, 3.05) is 11.4 Å². The van der Waals surface area contributed by atoms with Gasteiger partial charge in [-0.25, -0.2) is 0 Å². The van der Waals surface area contributed by atoms with Crippen molar-refractivity contribution in [3.8, 4) is 0 Å². The number of hydrogen-bond acceptors (Lipinski definition) is 3. The Hall–Kier alpha value is -1.85. The topological polar surface area (TPSA) is 67.2 Å². The first-order valence-corrected chi connectivity index (χ1v) is 6.62. The highest BCUT2D eigenvalue weighted by Crippen LogP contribution is 2.20. The van der Waals surface area contributed by atoms with Gasteiger partial charge in [-0.05, 0) is 5.92 Å². The van der Waals surface area contributed by atoms with Crippen LogP contribution in [0.4, 0.5) is 5.69 Å². The average molecular weight is 264 g/mol. The number of nitrogens with zero attached hydrogens (tertiary/aromatic N) is 3. The SMILES string of the molecule is CCC(C)C1NC(=O)CCN(c2cnn(C)c2)C1=O. The van der Waals surface area contributed by atoms with Gasteiger partial charge in [-0.2, -0.15) is 5.10 Å². The number of amides is 2. The van der Waals surface area contributed by atoms with Crippen molar-refractivity contribution in [1.82, 2.24) is 15.1 Å². The van der Waals surface area contributed by atoms with Crippen LogP contribution >= 0.6 is 0 Å². The molecule has 1 saturated heterocycles. The number of carbonyl (C=O) groups is 2. The molecule has 1 aliphatic heterocycles. The van der Waals surface area contributed by atoms with Crippen molar-refractivity contribution in [2.24, 2.45) is 13.0 Å². The molecule has 1 fully saturated rings. The second-order valence-corrected chi connectivity index (χ2v) is 5.04. The molecule has 6 nitrogen and oxygen atoms in total. The van der Waals surface area contributed by atoms with Gasteiger partial charge in [0.2, 0.25) is 11.8 Å². The number of nitrogens with one attached hydrogen (secondary N) is 1. The van der Waals surface area contributed by atoms with Crippen molar-refractivity contribution < 1.29 is 9.59 Å². The van der Waals surface area contributed by atoms with Crippen LogP contribution in [0.3, 0.4) is 0 Å². The van der Waals surface area contributed by atoms with Crippen LogP contribution in [-0.2, 0) is 16.6 Å². The van der Waals surface area contributed by atoms with Crippen molar-refractivity contribution in [2.45, 2.75) is 32.7 Å². The maximum atomic E-state index is 12.6. The molecule has 0 saturated carbocycles. The lowest BCUT2D eigenvalue weighted by atomic mass is 9.98. The highest BCUT2D eigenvalue weighted by molar-refractivity contribution is 6.01. The predicted molar refractivity (Wildman–Crippen MR) is 71.6 cm³/mol. The molecule has 0 aliphatic carbocycles. The van der Waals surface area contributed by atoms with Crippen molar-refractivity contribution >= 4 is 17.5 Å². The molecule has 0 radical (unpaired) electrons. The van der Waals surface area contributed by atoms with Crippen LogP contribution in [0.1, 0.15) is 26.7 Å². The molecular weight excluding hydrogens is 244 g/mol. The molecule has 1 aromatic rings. The lowest BCUT2D eigenvalue weighted by Crippen LogP contribution is -2.48. The molecule has 2 unspecified atom stereocenters. The van der Waals surface area contributed by atoms with E-state index < -0.39 is 6.04 Å². The Kier molecular flexibility index (Phi) is 3.87. The fourth-order valence-corrected chi connectivity index (χ4v) is 2.22. The molecule has 1 aromatic heterocycles. The first-order chi connectivity index (χ1) is 9.02. The second-order valence-electron chi connectivity index (χ2n) is 5.04. The highest BCUT2D eigenvalue weighted by atomic mass is 16.2. The van der Waals surface area contributed by atoms with E-state index in [1.165, 1.54) is 0 Å². The summed E-state index contributed by atoms with van der Waals surface area (Å²) >= 11 is 0. The van der Waals surface area contributed by atoms with E-state index in [4.69, 9.17) is 0 Å². The van der Waals surface area contributed by atoms with Gasteiger partial charge in [0.1, 0.15) is 6.04 Å². The third-order valence-corrected chi connectivity index (χ3v) is 3.63. The Bertz CT molecular complexity index is 483. The maximum absolute atomic E-state index is 12.6. The van der Waals surface area contributed by atoms with Crippen molar-refractivity contribution in [1.29, 1.82) is 0 Å². The summed E-state index contributed by atoms with van der Waals surface area (Å²) in [6.07, 6.45) is 4.62. The third kappa shape index (κ3) is 2.77. The van der Waals surface area contributed by atoms with E-state index in [0.717, 1.165) is 12.1 Å². The van der Waals surface area contributed by atoms with Gasteiger partial charge in [0.25, 0.3) is 0 Å². The lowest BCUT2D eigenvalue weighted by molar-refractivity contribution is -0.126. The summed E-state index contributed by atoms with van der Waals surface area (Å²) in [7, 11) is 1.81. The predicted octanol–water partition coefficient (Wildman–Crippen LogP) is 0.688. The molecule has 1 aliphatic rings. The number of anilines is 1. The smallest absolute Gasteiger partial charge is 0.249 e. The number of carbonyl (C=O) groups excluding carboxylic acids is 2. The number of hydrogen-bond donors (Lipinski definition) is 1. The highest BCUT2D eigenvalue weighted by Gasteiger charge is 2.33. The van der Waals surface area contributed by atoms with E-state index in [9.17, 15) is 9.59 Å². The zero-order valence-electron chi connectivity index (χ0n) is 11.6. The number of rotatable bonds is 3. The molecule has 6 heteroatoms. The summed E-state index contributed by atoms with van der Waals surface area (Å²) in [5.41, 5.74) is 0.748. The van der Waals surface area contributed by atoms with Crippen molar-refractivity contribution in [3.63, 3.8) is 0 Å². The molecule has 2 atom stereocenters. The van der Waals surface area contributed by atoms with Gasteiger partial charge in [0, 0.05) is 26.2 Å². The van der Waals surface area contributed by atoms with Crippen LogP contribution in [0.2, 0.25) is 0 Å². The molecule has 0 aromatic carbocycles. The Morgan fingerprint density at radius 3 is 2.84 bits per heavy atom. The van der Waals surface area contributed by atoms with Crippen LogP contribution in [-0.4, -0.2) is 34.2 Å². The minimum Gasteiger partial charge on any atom is -0.344 e. The van der Waals surface area contributed by atoms with Crippen LogP contribution in [0.15, 0.2) is 12.4 Å². The fraction of sp³-hybridized carbons (Fsp3) is 0.615. The van der Waals surface area contributed by atoms with Gasteiger partial charge in [0.15, 0.2) is 0 Å². The zero-order chi connectivity index (χ0) is 14.0. The van der Waals surface area contributed by atoms with Gasteiger partial charge in [-0.15, -0.1) is 0 Å². The monoisotopic (exact) mass is 264 g/mol. The molecular formula is C13H20N4O2. The summed E-state index contributed by atoms with van der Waals surface area (Å²) in [5, 5.41) is 6.91. The number of aromatic nitrogens is 2. The van der Waals surface area contributed by atoms with Crippen LogP contribution in [0.25, 0.3) is 0 Å². The van der Waals surface area contributed by atoms with Gasteiger partial charge in [0.05, 0.1) is 11.9 Å². The Labute approximate surface area is 112 Å². The average Bonchev–Trinajstić information content (AvgIpc) is 2.75. The summed E-state index contributed by atoms with van der Waals surface area (Å²) < 4.78 is 1.65. The van der Waals surface area contributed by atoms with E-state index in [1.54, 1.807) is 29.0 Å². The minimum atomic E-state index is -0.444. The normalized spacial score (nSPS) is 22.1. The van der Waals surface area contributed by atoms with E-state index in [0.29, 0.717) is 13.0 Å². The first kappa shape index (κ1) is 13.6. The Balaban J connectivity index is 2.28. The van der Waals surface area contributed by atoms with Gasteiger partial charge in [-0.1, -0.05) is 20.3 Å². The summed E-state index contributed by atoms with van der Waals surface area (Å²) in [5.74, 6) is 0.00645. The Morgan fingerprint density at radius 1 is 1.53 bits per heavy atom. The van der Waals surface area contributed by atoms with Gasteiger partial charge < -0.3 is 10.2 Å². The fourth-order valence-electron chi connectivity index (χ4n) is 2.22. The first-order valence-electron chi connectivity index (χ1n) is 6.62. The van der Waals surface area contributed by atoms with Crippen LogP contribution in [0.5, 0.6) is 0 Å². The van der Waals surface area contributed by atoms with Gasteiger partial charge in [-0.3, -0.25) is 14.3 Å². The maximum Gasteiger partial charge on any atom is 0.249 e. The molecule has 2 amide bonds. The van der Waals surface area contributed by atoms with Crippen molar-refractivity contribution in [3.05, 3.63) is 12.4 Å². The standard InChI is InChI=1S/C13H20N4O2/c1-4-9(2)12-13(19)17(6-5-11(18)15-12)10-7-14-16(3)8-10/h7-9,12H,4-6H2,1-3H3,(H,15,18). The van der Waals surface area contributed by atoms with E-state index in [2.05, 4.69) is 10.4 Å². The summed E-state index contributed by atoms with van der Waals surface area (Å²) in [4.78, 5) is 26.0.